The summed E-state index contributed by atoms with van der Waals surface area (Å²) in [6.07, 6.45) is 0. The highest BCUT2D eigenvalue weighted by Crippen LogP contribution is 2.18. The van der Waals surface area contributed by atoms with Crippen molar-refractivity contribution < 1.29 is 4.79 Å². The molecule has 0 spiro atoms. The number of anilines is 3. The number of nitrogens with one attached hydrogen (secondary N) is 3. The third kappa shape index (κ3) is 4.31. The maximum Gasteiger partial charge on any atom is 0.319 e. The van der Waals surface area contributed by atoms with E-state index in [1.54, 1.807) is 0 Å². The van der Waals surface area contributed by atoms with Crippen LogP contribution in [0.1, 0.15) is 13.8 Å². The Bertz CT molecular complexity index is 550. The van der Waals surface area contributed by atoms with Crippen LogP contribution in [0.4, 0.5) is 21.9 Å². The molecule has 0 radical (unpaired) electrons. The van der Waals surface area contributed by atoms with E-state index in [9.17, 15) is 4.79 Å². The number of para-hydroxylation sites is 1. The van der Waals surface area contributed by atoms with Gasteiger partial charge in [0.25, 0.3) is 0 Å². The number of carbonyl (C=O) groups excluding carboxylic acids is 1. The molecule has 0 aliphatic carbocycles. The number of rotatable bonds is 4. The maximum atomic E-state index is 11.6. The van der Waals surface area contributed by atoms with E-state index in [0.717, 1.165) is 17.1 Å². The van der Waals surface area contributed by atoms with E-state index >= 15 is 0 Å². The van der Waals surface area contributed by atoms with E-state index < -0.39 is 0 Å². The Labute approximate surface area is 119 Å². The van der Waals surface area contributed by atoms with Crippen molar-refractivity contribution in [3.05, 3.63) is 54.6 Å². The standard InChI is InChI=1S/C16H19N3O/c1-12(2)17-16(20)19-15-10-8-14(9-11-15)18-13-6-4-3-5-7-13/h3-12,18H,1-2H3,(H2,17,19,20). The fourth-order valence-corrected chi connectivity index (χ4v) is 1.75. The highest BCUT2D eigenvalue weighted by Gasteiger charge is 2.03. The zero-order chi connectivity index (χ0) is 14.4. The molecular formula is C16H19N3O. The lowest BCUT2D eigenvalue weighted by molar-refractivity contribution is 0.250. The summed E-state index contributed by atoms with van der Waals surface area (Å²) in [5.41, 5.74) is 2.78. The molecule has 4 nitrogen and oxygen atoms in total. The van der Waals surface area contributed by atoms with Gasteiger partial charge in [0, 0.05) is 23.1 Å². The number of hydrogen-bond donors (Lipinski definition) is 3. The number of urea groups is 1. The third-order valence-electron chi connectivity index (χ3n) is 2.63. The Hall–Kier alpha value is -2.49. The summed E-state index contributed by atoms with van der Waals surface area (Å²) in [5, 5.41) is 8.85. The van der Waals surface area contributed by atoms with Crippen LogP contribution in [-0.4, -0.2) is 12.1 Å². The predicted octanol–water partition coefficient (Wildman–Crippen LogP) is 3.96. The average molecular weight is 269 g/mol. The number of benzene rings is 2. The summed E-state index contributed by atoms with van der Waals surface area (Å²) in [6.45, 7) is 3.85. The molecule has 2 aromatic carbocycles. The molecule has 0 saturated heterocycles. The van der Waals surface area contributed by atoms with E-state index in [0.29, 0.717) is 0 Å². The van der Waals surface area contributed by atoms with Crippen molar-refractivity contribution in [2.45, 2.75) is 19.9 Å². The summed E-state index contributed by atoms with van der Waals surface area (Å²) < 4.78 is 0. The Morgan fingerprint density at radius 3 is 2.00 bits per heavy atom. The second-order valence-corrected chi connectivity index (χ2v) is 4.82. The Kier molecular flexibility index (Phi) is 4.60. The molecule has 0 fully saturated rings. The topological polar surface area (TPSA) is 53.2 Å². The van der Waals surface area contributed by atoms with Crippen molar-refractivity contribution in [2.24, 2.45) is 0 Å². The first-order valence-electron chi connectivity index (χ1n) is 6.63. The van der Waals surface area contributed by atoms with Gasteiger partial charge in [0.05, 0.1) is 0 Å². The van der Waals surface area contributed by atoms with Crippen molar-refractivity contribution in [3.8, 4) is 0 Å². The van der Waals surface area contributed by atoms with Crippen LogP contribution in [0.2, 0.25) is 0 Å². The first-order chi connectivity index (χ1) is 9.63. The fourth-order valence-electron chi connectivity index (χ4n) is 1.75. The summed E-state index contributed by atoms with van der Waals surface area (Å²) >= 11 is 0. The van der Waals surface area contributed by atoms with E-state index in [1.807, 2.05) is 68.4 Å². The Morgan fingerprint density at radius 1 is 0.850 bits per heavy atom. The van der Waals surface area contributed by atoms with E-state index in [4.69, 9.17) is 0 Å². The summed E-state index contributed by atoms with van der Waals surface area (Å²) in [6, 6.07) is 17.5. The van der Waals surface area contributed by atoms with E-state index in [-0.39, 0.29) is 12.1 Å². The second kappa shape index (κ2) is 6.61. The highest BCUT2D eigenvalue weighted by molar-refractivity contribution is 5.89. The monoisotopic (exact) mass is 269 g/mol. The summed E-state index contributed by atoms with van der Waals surface area (Å²) in [7, 11) is 0. The van der Waals surface area contributed by atoms with Gasteiger partial charge in [0.15, 0.2) is 0 Å². The SMILES string of the molecule is CC(C)NC(=O)Nc1ccc(Nc2ccccc2)cc1. The first kappa shape index (κ1) is 13.9. The zero-order valence-corrected chi connectivity index (χ0v) is 11.7. The lowest BCUT2D eigenvalue weighted by atomic mass is 10.2. The molecule has 20 heavy (non-hydrogen) atoms. The molecule has 3 N–H and O–H groups in total. The van der Waals surface area contributed by atoms with Crippen molar-refractivity contribution in [1.82, 2.24) is 5.32 Å². The molecule has 104 valence electrons. The molecule has 0 bridgehead atoms. The first-order valence-corrected chi connectivity index (χ1v) is 6.63. The summed E-state index contributed by atoms with van der Waals surface area (Å²) in [4.78, 5) is 11.6. The number of carbonyl (C=O) groups is 1. The molecule has 0 aliphatic rings. The Balaban J connectivity index is 1.94. The minimum Gasteiger partial charge on any atom is -0.356 e. The van der Waals surface area contributed by atoms with Crippen molar-refractivity contribution >= 4 is 23.1 Å². The van der Waals surface area contributed by atoms with Gasteiger partial charge in [-0.3, -0.25) is 0 Å². The van der Waals surface area contributed by atoms with Crippen LogP contribution in [0.5, 0.6) is 0 Å². The third-order valence-corrected chi connectivity index (χ3v) is 2.63. The molecule has 2 aromatic rings. The van der Waals surface area contributed by atoms with Crippen LogP contribution in [0, 0.1) is 0 Å². The predicted molar refractivity (Wildman–Crippen MR) is 83.5 cm³/mol. The van der Waals surface area contributed by atoms with Crippen molar-refractivity contribution in [1.29, 1.82) is 0 Å². The Morgan fingerprint density at radius 2 is 1.40 bits per heavy atom. The largest absolute Gasteiger partial charge is 0.356 e. The molecule has 0 atom stereocenters. The number of amides is 2. The molecule has 0 unspecified atom stereocenters. The molecule has 0 saturated carbocycles. The van der Waals surface area contributed by atoms with Gasteiger partial charge < -0.3 is 16.0 Å². The molecule has 0 aliphatic heterocycles. The fraction of sp³-hybridized carbons (Fsp3) is 0.188. The lowest BCUT2D eigenvalue weighted by Gasteiger charge is -2.11. The lowest BCUT2D eigenvalue weighted by Crippen LogP contribution is -2.34. The molecule has 2 amide bonds. The minimum atomic E-state index is -0.191. The van der Waals surface area contributed by atoms with Crippen LogP contribution in [0.25, 0.3) is 0 Å². The molecule has 0 aromatic heterocycles. The van der Waals surface area contributed by atoms with Gasteiger partial charge in [0.2, 0.25) is 0 Å². The molecule has 0 heterocycles. The number of hydrogen-bond acceptors (Lipinski definition) is 2. The van der Waals surface area contributed by atoms with Gasteiger partial charge in [-0.15, -0.1) is 0 Å². The summed E-state index contributed by atoms with van der Waals surface area (Å²) in [5.74, 6) is 0. The van der Waals surface area contributed by atoms with E-state index in [1.165, 1.54) is 0 Å². The highest BCUT2D eigenvalue weighted by atomic mass is 16.2. The smallest absolute Gasteiger partial charge is 0.319 e. The minimum absolute atomic E-state index is 0.119. The maximum absolute atomic E-state index is 11.6. The van der Waals surface area contributed by atoms with Crippen LogP contribution in [-0.2, 0) is 0 Å². The second-order valence-electron chi connectivity index (χ2n) is 4.82. The van der Waals surface area contributed by atoms with Crippen LogP contribution in [0.3, 0.4) is 0 Å². The van der Waals surface area contributed by atoms with Crippen LogP contribution >= 0.6 is 0 Å². The van der Waals surface area contributed by atoms with Gasteiger partial charge in [-0.25, -0.2) is 4.79 Å². The van der Waals surface area contributed by atoms with Gasteiger partial charge >= 0.3 is 6.03 Å². The van der Waals surface area contributed by atoms with Gasteiger partial charge in [-0.1, -0.05) is 18.2 Å². The zero-order valence-electron chi connectivity index (χ0n) is 11.7. The van der Waals surface area contributed by atoms with Crippen molar-refractivity contribution in [3.63, 3.8) is 0 Å². The van der Waals surface area contributed by atoms with Gasteiger partial charge in [-0.2, -0.15) is 0 Å². The van der Waals surface area contributed by atoms with E-state index in [2.05, 4.69) is 16.0 Å². The van der Waals surface area contributed by atoms with Crippen LogP contribution in [0.15, 0.2) is 54.6 Å². The van der Waals surface area contributed by atoms with Gasteiger partial charge in [-0.05, 0) is 50.2 Å². The van der Waals surface area contributed by atoms with Gasteiger partial charge in [0.1, 0.15) is 0 Å². The quantitative estimate of drug-likeness (QED) is 0.787. The van der Waals surface area contributed by atoms with Crippen LogP contribution < -0.4 is 16.0 Å². The van der Waals surface area contributed by atoms with Crippen molar-refractivity contribution in [2.75, 3.05) is 10.6 Å². The average Bonchev–Trinajstić information content (AvgIpc) is 2.41. The normalized spacial score (nSPS) is 10.2. The molecule has 4 heteroatoms. The molecule has 2 rings (SSSR count). The molecular weight excluding hydrogens is 250 g/mol.